The van der Waals surface area contributed by atoms with Gasteiger partial charge in [0.15, 0.2) is 0 Å². The van der Waals surface area contributed by atoms with Crippen LogP contribution < -0.4 is 9.29 Å². The van der Waals surface area contributed by atoms with E-state index < -0.39 is 0 Å². The Morgan fingerprint density at radius 3 is 2.26 bits per heavy atom. The van der Waals surface area contributed by atoms with Crippen molar-refractivity contribution in [3.63, 3.8) is 0 Å². The molecule has 0 fully saturated rings. The van der Waals surface area contributed by atoms with Gasteiger partial charge in [0, 0.05) is 11.1 Å². The summed E-state index contributed by atoms with van der Waals surface area (Å²) in [5.41, 5.74) is 4.44. The second-order valence-electron chi connectivity index (χ2n) is 4.82. The van der Waals surface area contributed by atoms with Crippen LogP contribution in [0.1, 0.15) is 11.1 Å². The van der Waals surface area contributed by atoms with Crippen molar-refractivity contribution in [1.82, 2.24) is 0 Å². The molecule has 0 atom stereocenters. The molecule has 0 aliphatic carbocycles. The normalized spacial score (nSPS) is 11.1. The third-order valence-electron chi connectivity index (χ3n) is 2.99. The van der Waals surface area contributed by atoms with Crippen molar-refractivity contribution in [3.8, 4) is 0 Å². The first-order chi connectivity index (χ1) is 8.99. The van der Waals surface area contributed by atoms with Crippen molar-refractivity contribution in [2.45, 2.75) is 13.8 Å². The van der Waals surface area contributed by atoms with Gasteiger partial charge < -0.3 is 4.72 Å². The number of benzene rings is 1. The molecule has 0 saturated carbocycles. The number of anilines is 1. The number of aromatic nitrogens is 1. The molecule has 0 spiro atoms. The van der Waals surface area contributed by atoms with Gasteiger partial charge in [0.25, 0.3) is 0 Å². The first-order valence-corrected chi connectivity index (χ1v) is 7.00. The number of rotatable bonds is 3. The molecule has 2 aromatic rings. The van der Waals surface area contributed by atoms with E-state index in [0.29, 0.717) is 0 Å². The Bertz CT molecular complexity index is 599. The third kappa shape index (κ3) is 3.04. The van der Waals surface area contributed by atoms with Gasteiger partial charge in [-0.2, -0.15) is 0 Å². The largest absolute Gasteiger partial charge is 0.472 e. The molecule has 96 valence electrons. The average molecular weight is 271 g/mol. The highest BCUT2D eigenvalue weighted by Gasteiger charge is 2.10. The number of hydrogen-bond acceptors (Lipinski definition) is 4. The summed E-state index contributed by atoms with van der Waals surface area (Å²) in [7, 11) is 6.06. The van der Waals surface area contributed by atoms with Gasteiger partial charge in [-0.25, -0.2) is 4.57 Å². The molecule has 0 amide bonds. The second kappa shape index (κ2) is 5.57. The lowest BCUT2D eigenvalue weighted by atomic mass is 10.0. The van der Waals surface area contributed by atoms with Crippen LogP contribution in [0.4, 0.5) is 16.5 Å². The highest BCUT2D eigenvalue weighted by Crippen LogP contribution is 2.30. The molecule has 0 aliphatic rings. The van der Waals surface area contributed by atoms with Crippen LogP contribution >= 0.6 is 11.3 Å². The van der Waals surface area contributed by atoms with E-state index in [-0.39, 0.29) is 0 Å². The van der Waals surface area contributed by atoms with Crippen LogP contribution in [0.25, 0.3) is 0 Å². The van der Waals surface area contributed by atoms with Crippen molar-refractivity contribution in [2.75, 3.05) is 4.72 Å². The van der Waals surface area contributed by atoms with E-state index in [0.717, 1.165) is 21.9 Å². The molecule has 0 N–H and O–H groups in total. The number of hydrogen-bond donors (Lipinski definition) is 0. The Morgan fingerprint density at radius 1 is 1.16 bits per heavy atom. The Kier molecular flexibility index (Phi) is 4.04. The van der Waals surface area contributed by atoms with Crippen LogP contribution in [-0.4, -0.2) is 16.0 Å². The van der Waals surface area contributed by atoms with Crippen molar-refractivity contribution >= 4 is 43.8 Å². The molecule has 0 aliphatic heterocycles. The summed E-state index contributed by atoms with van der Waals surface area (Å²) in [6.45, 7) is 4.14. The average Bonchev–Trinajstić information content (AvgIpc) is 2.73. The van der Waals surface area contributed by atoms with E-state index in [1.54, 1.807) is 11.3 Å². The summed E-state index contributed by atoms with van der Waals surface area (Å²) in [6, 6.07) is 4.27. The maximum atomic E-state index is 4.41. The highest BCUT2D eigenvalue weighted by molar-refractivity contribution is 7.12. The van der Waals surface area contributed by atoms with Crippen LogP contribution in [0.5, 0.6) is 0 Å². The summed E-state index contributed by atoms with van der Waals surface area (Å²) in [6.07, 6.45) is 1.98. The Hall–Kier alpha value is -1.62. The molecule has 1 aromatic carbocycles. The van der Waals surface area contributed by atoms with Crippen LogP contribution in [0, 0.1) is 13.8 Å². The van der Waals surface area contributed by atoms with Gasteiger partial charge in [-0.1, -0.05) is 0 Å². The van der Waals surface area contributed by atoms with Gasteiger partial charge >= 0.3 is 5.13 Å². The standard InChI is InChI=1S/C12H17B2N4S/c1-8-6-10(18(13)14)7-9(2)11(8)15-16-12-17(3)4-5-19-12/h4-7H,13-14H2,1-3H3/q+1. The molecule has 1 aromatic heterocycles. The highest BCUT2D eigenvalue weighted by atomic mass is 32.1. The zero-order valence-electron chi connectivity index (χ0n) is 12.0. The second-order valence-corrected chi connectivity index (χ2v) is 5.69. The summed E-state index contributed by atoms with van der Waals surface area (Å²) >= 11 is 1.58. The van der Waals surface area contributed by atoms with Gasteiger partial charge in [0.1, 0.15) is 11.9 Å². The number of nitrogens with zero attached hydrogens (tertiary/aromatic N) is 4. The van der Waals surface area contributed by atoms with Gasteiger partial charge in [-0.3, -0.25) is 0 Å². The lowest BCUT2D eigenvalue weighted by Crippen LogP contribution is -2.23. The van der Waals surface area contributed by atoms with E-state index in [1.807, 2.05) is 39.2 Å². The molecule has 0 unspecified atom stereocenters. The van der Waals surface area contributed by atoms with Crippen LogP contribution in [0.15, 0.2) is 33.9 Å². The molecule has 0 bridgehead atoms. The van der Waals surface area contributed by atoms with Gasteiger partial charge in [-0.15, -0.1) is 0 Å². The Balaban J connectivity index is 2.36. The summed E-state index contributed by atoms with van der Waals surface area (Å²) in [4.78, 5) is 0. The number of azo groups is 1. The molecule has 1 heterocycles. The minimum atomic E-state index is 0.899. The monoisotopic (exact) mass is 271 g/mol. The van der Waals surface area contributed by atoms with E-state index in [2.05, 4.69) is 40.9 Å². The van der Waals surface area contributed by atoms with Crippen molar-refractivity contribution < 1.29 is 4.57 Å². The van der Waals surface area contributed by atoms with Crippen molar-refractivity contribution in [2.24, 2.45) is 17.3 Å². The molecule has 2 rings (SSSR count). The quantitative estimate of drug-likeness (QED) is 0.473. The van der Waals surface area contributed by atoms with Crippen LogP contribution in [0.3, 0.4) is 0 Å². The maximum Gasteiger partial charge on any atom is 0.408 e. The predicted octanol–water partition coefficient (Wildman–Crippen LogP) is 1.51. The lowest BCUT2D eigenvalue weighted by Gasteiger charge is -2.15. The number of thiazole rings is 1. The summed E-state index contributed by atoms with van der Waals surface area (Å²) < 4.78 is 4.06. The molecule has 0 saturated heterocycles. The fraction of sp³-hybridized carbons (Fsp3) is 0.250. The minimum Gasteiger partial charge on any atom is -0.472 e. The smallest absolute Gasteiger partial charge is 0.408 e. The fourth-order valence-corrected chi connectivity index (χ4v) is 2.55. The topological polar surface area (TPSA) is 31.8 Å². The molecular weight excluding hydrogens is 254 g/mol. The van der Waals surface area contributed by atoms with Crippen molar-refractivity contribution in [1.29, 1.82) is 0 Å². The minimum absolute atomic E-state index is 0.899. The van der Waals surface area contributed by atoms with Gasteiger partial charge in [-0.05, 0) is 53.6 Å². The van der Waals surface area contributed by atoms with Gasteiger partial charge in [0.2, 0.25) is 16.0 Å². The molecule has 4 nitrogen and oxygen atoms in total. The zero-order valence-corrected chi connectivity index (χ0v) is 12.8. The summed E-state index contributed by atoms with van der Waals surface area (Å²) in [5, 5.41) is 11.6. The lowest BCUT2D eigenvalue weighted by molar-refractivity contribution is -0.654. The number of aryl methyl sites for hydroxylation is 3. The molecule has 0 radical (unpaired) electrons. The van der Waals surface area contributed by atoms with Crippen LogP contribution in [0.2, 0.25) is 0 Å². The molecule has 7 heteroatoms. The third-order valence-corrected chi connectivity index (χ3v) is 3.83. The SMILES string of the molecule is BN(B)c1cc(C)c(/N=N/c2scc[n+]2C)c(C)c1. The summed E-state index contributed by atoms with van der Waals surface area (Å²) in [5.74, 6) is 0. The van der Waals surface area contributed by atoms with Crippen molar-refractivity contribution in [3.05, 3.63) is 34.8 Å². The van der Waals surface area contributed by atoms with E-state index >= 15 is 0 Å². The Morgan fingerprint density at radius 2 is 1.79 bits per heavy atom. The molecule has 19 heavy (non-hydrogen) atoms. The predicted molar refractivity (Wildman–Crippen MR) is 85.2 cm³/mol. The fourth-order valence-electron chi connectivity index (χ4n) is 1.87. The van der Waals surface area contributed by atoms with E-state index in [1.165, 1.54) is 5.69 Å². The van der Waals surface area contributed by atoms with E-state index in [9.17, 15) is 0 Å². The van der Waals surface area contributed by atoms with Gasteiger partial charge in [0.05, 0.1) is 12.2 Å². The first-order valence-electron chi connectivity index (χ1n) is 6.12. The van der Waals surface area contributed by atoms with Crippen LogP contribution in [-0.2, 0) is 7.05 Å². The van der Waals surface area contributed by atoms with E-state index in [4.69, 9.17) is 0 Å². The zero-order chi connectivity index (χ0) is 14.0. The molecular formula is C12H17B2N4S+. The first kappa shape index (κ1) is 13.8. The maximum absolute atomic E-state index is 4.41. The Labute approximate surface area is 119 Å².